The van der Waals surface area contributed by atoms with Gasteiger partial charge in [-0.1, -0.05) is 25.7 Å². The van der Waals surface area contributed by atoms with E-state index in [-0.39, 0.29) is 5.91 Å². The SMILES string of the molecule is Cc1oc(C)c(C(=O)NC2(C(=O)O)CCCCCC2)c1C. The van der Waals surface area contributed by atoms with E-state index in [1.165, 1.54) is 0 Å². The maximum Gasteiger partial charge on any atom is 0.329 e. The topological polar surface area (TPSA) is 79.5 Å². The second kappa shape index (κ2) is 5.92. The molecule has 1 aliphatic carbocycles. The molecule has 0 unspecified atom stereocenters. The first-order valence-corrected chi connectivity index (χ1v) is 7.50. The highest BCUT2D eigenvalue weighted by Crippen LogP contribution is 2.29. The van der Waals surface area contributed by atoms with Gasteiger partial charge in [-0.05, 0) is 33.6 Å². The van der Waals surface area contributed by atoms with Crippen molar-refractivity contribution in [1.29, 1.82) is 0 Å². The van der Waals surface area contributed by atoms with E-state index >= 15 is 0 Å². The molecule has 0 atom stereocenters. The van der Waals surface area contributed by atoms with Crippen molar-refractivity contribution in [3.05, 3.63) is 22.6 Å². The van der Waals surface area contributed by atoms with E-state index in [4.69, 9.17) is 4.42 Å². The van der Waals surface area contributed by atoms with Gasteiger partial charge in [0.05, 0.1) is 5.56 Å². The van der Waals surface area contributed by atoms with Crippen LogP contribution in [0.1, 0.15) is 66.0 Å². The van der Waals surface area contributed by atoms with Gasteiger partial charge in [0.1, 0.15) is 17.1 Å². The smallest absolute Gasteiger partial charge is 0.329 e. The summed E-state index contributed by atoms with van der Waals surface area (Å²) in [5.41, 5.74) is 0.106. The van der Waals surface area contributed by atoms with E-state index in [0.29, 0.717) is 29.9 Å². The summed E-state index contributed by atoms with van der Waals surface area (Å²) in [6.07, 6.45) is 4.68. The molecule has 0 aliphatic heterocycles. The molecular weight excluding hydrogens is 270 g/mol. The molecule has 1 aliphatic rings. The summed E-state index contributed by atoms with van der Waals surface area (Å²) in [6, 6.07) is 0. The Labute approximate surface area is 124 Å². The zero-order chi connectivity index (χ0) is 15.6. The van der Waals surface area contributed by atoms with Crippen LogP contribution in [0.25, 0.3) is 0 Å². The van der Waals surface area contributed by atoms with Crippen LogP contribution in [0.4, 0.5) is 0 Å². The van der Waals surface area contributed by atoms with Crippen LogP contribution in [0.2, 0.25) is 0 Å². The number of carboxylic acids is 1. The number of carboxylic acid groups (broad SMARTS) is 1. The zero-order valence-electron chi connectivity index (χ0n) is 12.9. The average Bonchev–Trinajstić information content (AvgIpc) is 2.59. The van der Waals surface area contributed by atoms with Gasteiger partial charge >= 0.3 is 5.97 Å². The predicted molar refractivity (Wildman–Crippen MR) is 78.5 cm³/mol. The van der Waals surface area contributed by atoms with Crippen molar-refractivity contribution in [2.24, 2.45) is 0 Å². The number of carbonyl (C=O) groups excluding carboxylic acids is 1. The lowest BCUT2D eigenvalue weighted by atomic mass is 9.89. The van der Waals surface area contributed by atoms with Crippen molar-refractivity contribution in [1.82, 2.24) is 5.32 Å². The molecule has 2 rings (SSSR count). The van der Waals surface area contributed by atoms with Crippen LogP contribution in [-0.2, 0) is 4.79 Å². The molecule has 116 valence electrons. The largest absolute Gasteiger partial charge is 0.480 e. The predicted octanol–water partition coefficient (Wildman–Crippen LogP) is 3.11. The van der Waals surface area contributed by atoms with Gasteiger partial charge in [-0.2, -0.15) is 0 Å². The lowest BCUT2D eigenvalue weighted by Gasteiger charge is -2.29. The third-order valence-corrected chi connectivity index (χ3v) is 4.51. The van der Waals surface area contributed by atoms with Gasteiger partial charge in [0, 0.05) is 5.56 Å². The summed E-state index contributed by atoms with van der Waals surface area (Å²) in [5, 5.41) is 12.4. The molecule has 5 nitrogen and oxygen atoms in total. The fourth-order valence-electron chi connectivity index (χ4n) is 3.13. The summed E-state index contributed by atoms with van der Waals surface area (Å²) in [5.74, 6) is -0.0426. The third-order valence-electron chi connectivity index (χ3n) is 4.51. The average molecular weight is 293 g/mol. The Hall–Kier alpha value is -1.78. The number of hydrogen-bond acceptors (Lipinski definition) is 3. The minimum Gasteiger partial charge on any atom is -0.480 e. The lowest BCUT2D eigenvalue weighted by Crippen LogP contribution is -2.54. The first kappa shape index (κ1) is 15.6. The minimum atomic E-state index is -1.14. The van der Waals surface area contributed by atoms with Gasteiger partial charge in [0.25, 0.3) is 5.91 Å². The summed E-state index contributed by atoms with van der Waals surface area (Å²) < 4.78 is 5.47. The molecule has 1 aromatic rings. The van der Waals surface area contributed by atoms with Gasteiger partial charge in [-0.15, -0.1) is 0 Å². The normalized spacial score (nSPS) is 18.0. The molecule has 0 aromatic carbocycles. The summed E-state index contributed by atoms with van der Waals surface area (Å²) in [7, 11) is 0. The van der Waals surface area contributed by atoms with Crippen molar-refractivity contribution in [2.75, 3.05) is 0 Å². The van der Waals surface area contributed by atoms with Crippen LogP contribution < -0.4 is 5.32 Å². The fourth-order valence-corrected chi connectivity index (χ4v) is 3.13. The second-order valence-corrected chi connectivity index (χ2v) is 5.97. The summed E-state index contributed by atoms with van der Waals surface area (Å²) >= 11 is 0. The van der Waals surface area contributed by atoms with Gasteiger partial charge in [-0.3, -0.25) is 4.79 Å². The quantitative estimate of drug-likeness (QED) is 0.839. The van der Waals surface area contributed by atoms with Crippen LogP contribution in [0.3, 0.4) is 0 Å². The lowest BCUT2D eigenvalue weighted by molar-refractivity contribution is -0.145. The Morgan fingerprint density at radius 1 is 1.05 bits per heavy atom. The van der Waals surface area contributed by atoms with E-state index in [1.54, 1.807) is 13.8 Å². The van der Waals surface area contributed by atoms with E-state index in [2.05, 4.69) is 5.32 Å². The third kappa shape index (κ3) is 2.96. The number of amides is 1. The molecule has 1 saturated carbocycles. The molecule has 1 heterocycles. The Bertz CT molecular complexity index is 551. The van der Waals surface area contributed by atoms with Crippen LogP contribution in [-0.4, -0.2) is 22.5 Å². The van der Waals surface area contributed by atoms with Gasteiger partial charge < -0.3 is 14.8 Å². The molecule has 0 spiro atoms. The monoisotopic (exact) mass is 293 g/mol. The van der Waals surface area contributed by atoms with Crippen molar-refractivity contribution in [3.63, 3.8) is 0 Å². The Morgan fingerprint density at radius 2 is 1.62 bits per heavy atom. The van der Waals surface area contributed by atoms with E-state index in [0.717, 1.165) is 31.2 Å². The standard InChI is InChI=1S/C16H23NO4/c1-10-11(2)21-12(3)13(10)14(18)17-16(15(19)20)8-6-4-5-7-9-16/h4-9H2,1-3H3,(H,17,18)(H,19,20). The molecule has 1 aromatic heterocycles. The van der Waals surface area contributed by atoms with Crippen molar-refractivity contribution < 1.29 is 19.1 Å². The molecule has 1 fully saturated rings. The first-order valence-electron chi connectivity index (χ1n) is 7.50. The molecular formula is C16H23NO4. The van der Waals surface area contributed by atoms with E-state index < -0.39 is 11.5 Å². The molecule has 5 heteroatoms. The Kier molecular flexibility index (Phi) is 4.40. The number of hydrogen-bond donors (Lipinski definition) is 2. The summed E-state index contributed by atoms with van der Waals surface area (Å²) in [6.45, 7) is 5.36. The van der Waals surface area contributed by atoms with Crippen LogP contribution in [0.5, 0.6) is 0 Å². The van der Waals surface area contributed by atoms with Crippen LogP contribution >= 0.6 is 0 Å². The highest BCUT2D eigenvalue weighted by Gasteiger charge is 2.40. The van der Waals surface area contributed by atoms with Crippen LogP contribution in [0.15, 0.2) is 4.42 Å². The van der Waals surface area contributed by atoms with E-state index in [9.17, 15) is 14.7 Å². The van der Waals surface area contributed by atoms with E-state index in [1.807, 2.05) is 6.92 Å². The van der Waals surface area contributed by atoms with Crippen molar-refractivity contribution in [2.45, 2.75) is 64.8 Å². The molecule has 0 saturated heterocycles. The number of aryl methyl sites for hydroxylation is 2. The molecule has 0 bridgehead atoms. The van der Waals surface area contributed by atoms with Crippen molar-refractivity contribution in [3.8, 4) is 0 Å². The number of aliphatic carboxylic acids is 1. The Morgan fingerprint density at radius 3 is 2.05 bits per heavy atom. The fraction of sp³-hybridized carbons (Fsp3) is 0.625. The minimum absolute atomic E-state index is 0.342. The maximum absolute atomic E-state index is 12.6. The highest BCUT2D eigenvalue weighted by atomic mass is 16.4. The maximum atomic E-state index is 12.6. The number of furan rings is 1. The first-order chi connectivity index (χ1) is 9.87. The molecule has 21 heavy (non-hydrogen) atoms. The number of rotatable bonds is 3. The molecule has 0 radical (unpaired) electrons. The van der Waals surface area contributed by atoms with Crippen molar-refractivity contribution >= 4 is 11.9 Å². The van der Waals surface area contributed by atoms with Gasteiger partial charge in [0.15, 0.2) is 0 Å². The van der Waals surface area contributed by atoms with Crippen LogP contribution in [0, 0.1) is 20.8 Å². The second-order valence-electron chi connectivity index (χ2n) is 5.97. The molecule has 1 amide bonds. The Balaban J connectivity index is 2.28. The number of nitrogens with one attached hydrogen (secondary N) is 1. The zero-order valence-corrected chi connectivity index (χ0v) is 12.9. The number of carbonyl (C=O) groups is 2. The highest BCUT2D eigenvalue weighted by molar-refractivity contribution is 6.00. The van der Waals surface area contributed by atoms with Gasteiger partial charge in [-0.25, -0.2) is 4.79 Å². The summed E-state index contributed by atoms with van der Waals surface area (Å²) in [4.78, 5) is 24.3. The molecule has 2 N–H and O–H groups in total. The van der Waals surface area contributed by atoms with Gasteiger partial charge in [0.2, 0.25) is 0 Å².